The number of methoxy groups -OCH3 is 2. The quantitative estimate of drug-likeness (QED) is 0.579. The highest BCUT2D eigenvalue weighted by atomic mass is 19.1. The van der Waals surface area contributed by atoms with E-state index in [9.17, 15) is 18.4 Å². The van der Waals surface area contributed by atoms with E-state index >= 15 is 0 Å². The van der Waals surface area contributed by atoms with Gasteiger partial charge in [0.15, 0.2) is 11.6 Å². The molecule has 0 amide bonds. The van der Waals surface area contributed by atoms with E-state index < -0.39 is 46.2 Å². The van der Waals surface area contributed by atoms with Gasteiger partial charge in [-0.25, -0.2) is 18.4 Å². The SMILES string of the molecule is COc1c(F)c2c(c(F)c1OC)C(=O)OC2=O. The Bertz CT molecular complexity index is 491. The first kappa shape index (κ1) is 11.3. The molecule has 7 heteroatoms. The molecule has 1 aromatic rings. The van der Waals surface area contributed by atoms with Crippen LogP contribution in [0.4, 0.5) is 8.78 Å². The maximum absolute atomic E-state index is 13.8. The van der Waals surface area contributed by atoms with Crippen LogP contribution in [-0.4, -0.2) is 26.2 Å². The zero-order valence-electron chi connectivity index (χ0n) is 8.80. The van der Waals surface area contributed by atoms with Gasteiger partial charge < -0.3 is 14.2 Å². The van der Waals surface area contributed by atoms with E-state index in [4.69, 9.17) is 0 Å². The second-order valence-corrected chi connectivity index (χ2v) is 3.12. The fourth-order valence-electron chi connectivity index (χ4n) is 1.58. The van der Waals surface area contributed by atoms with Gasteiger partial charge in [-0.2, -0.15) is 0 Å². The van der Waals surface area contributed by atoms with Crippen LogP contribution in [0, 0.1) is 11.6 Å². The molecule has 0 aliphatic carbocycles. The van der Waals surface area contributed by atoms with Gasteiger partial charge in [0, 0.05) is 0 Å². The second-order valence-electron chi connectivity index (χ2n) is 3.12. The van der Waals surface area contributed by atoms with Crippen molar-refractivity contribution in [1.29, 1.82) is 0 Å². The Hall–Kier alpha value is -2.18. The summed E-state index contributed by atoms with van der Waals surface area (Å²) in [6.45, 7) is 0. The molecule has 0 atom stereocenters. The van der Waals surface area contributed by atoms with Gasteiger partial charge in [-0.3, -0.25) is 0 Å². The van der Waals surface area contributed by atoms with Gasteiger partial charge in [-0.05, 0) is 0 Å². The number of carbonyl (C=O) groups excluding carboxylic acids is 2. The number of hydrogen-bond acceptors (Lipinski definition) is 5. The summed E-state index contributed by atoms with van der Waals surface area (Å²) in [6, 6.07) is 0. The summed E-state index contributed by atoms with van der Waals surface area (Å²) in [4.78, 5) is 22.3. The van der Waals surface area contributed by atoms with E-state index in [1.807, 2.05) is 0 Å². The highest BCUT2D eigenvalue weighted by Gasteiger charge is 2.41. The van der Waals surface area contributed by atoms with Crippen molar-refractivity contribution >= 4 is 11.9 Å². The van der Waals surface area contributed by atoms with Gasteiger partial charge in [0.2, 0.25) is 11.5 Å². The molecule has 0 fully saturated rings. The van der Waals surface area contributed by atoms with Crippen molar-refractivity contribution in [2.24, 2.45) is 0 Å². The van der Waals surface area contributed by atoms with Crippen LogP contribution >= 0.6 is 0 Å². The van der Waals surface area contributed by atoms with Gasteiger partial charge in [-0.15, -0.1) is 0 Å². The van der Waals surface area contributed by atoms with Crippen LogP contribution in [0.5, 0.6) is 11.5 Å². The van der Waals surface area contributed by atoms with Gasteiger partial charge in [0.25, 0.3) is 0 Å². The second kappa shape index (κ2) is 3.69. The van der Waals surface area contributed by atoms with E-state index in [2.05, 4.69) is 14.2 Å². The van der Waals surface area contributed by atoms with Crippen LogP contribution in [0.1, 0.15) is 20.7 Å². The zero-order chi connectivity index (χ0) is 12.7. The van der Waals surface area contributed by atoms with Gasteiger partial charge in [0.1, 0.15) is 11.1 Å². The summed E-state index contributed by atoms with van der Waals surface area (Å²) in [7, 11) is 2.16. The van der Waals surface area contributed by atoms with Crippen molar-refractivity contribution in [2.45, 2.75) is 0 Å². The number of rotatable bonds is 2. The Morgan fingerprint density at radius 3 is 1.53 bits per heavy atom. The van der Waals surface area contributed by atoms with Crippen LogP contribution in [0.2, 0.25) is 0 Å². The molecule has 0 radical (unpaired) electrons. The summed E-state index contributed by atoms with van der Waals surface area (Å²) >= 11 is 0. The number of cyclic esters (lactones) is 2. The van der Waals surface area contributed by atoms with Crippen molar-refractivity contribution in [2.75, 3.05) is 14.2 Å². The molecule has 5 nitrogen and oxygen atoms in total. The van der Waals surface area contributed by atoms with Crippen LogP contribution in [-0.2, 0) is 4.74 Å². The maximum atomic E-state index is 13.8. The summed E-state index contributed by atoms with van der Waals surface area (Å²) in [5.41, 5.74) is -1.55. The topological polar surface area (TPSA) is 61.8 Å². The predicted molar refractivity (Wildman–Crippen MR) is 49.2 cm³/mol. The lowest BCUT2D eigenvalue weighted by molar-refractivity contribution is 0.0440. The minimum absolute atomic E-state index is 0.588. The van der Waals surface area contributed by atoms with Crippen molar-refractivity contribution in [3.05, 3.63) is 22.8 Å². The first-order valence-electron chi connectivity index (χ1n) is 4.42. The summed E-state index contributed by atoms with van der Waals surface area (Å²) in [6.07, 6.45) is 0. The van der Waals surface area contributed by atoms with Crippen LogP contribution in [0.25, 0.3) is 0 Å². The molecule has 2 rings (SSSR count). The Morgan fingerprint density at radius 1 is 0.882 bits per heavy atom. The molecule has 0 spiro atoms. The molecular formula is C10H6F2O5. The number of fused-ring (bicyclic) bond motifs is 1. The van der Waals surface area contributed by atoms with Crippen LogP contribution < -0.4 is 9.47 Å². The smallest absolute Gasteiger partial charge is 0.350 e. The third-order valence-electron chi connectivity index (χ3n) is 2.30. The average molecular weight is 244 g/mol. The Kier molecular flexibility index (Phi) is 2.45. The summed E-state index contributed by atoms with van der Waals surface area (Å²) < 4.78 is 40.9. The van der Waals surface area contributed by atoms with Crippen molar-refractivity contribution in [3.63, 3.8) is 0 Å². The third kappa shape index (κ3) is 1.35. The molecular weight excluding hydrogens is 238 g/mol. The van der Waals surface area contributed by atoms with Gasteiger partial charge in [-0.1, -0.05) is 0 Å². The predicted octanol–water partition coefficient (Wildman–Crippen LogP) is 1.29. The fraction of sp³-hybridized carbons (Fsp3) is 0.200. The zero-order valence-corrected chi connectivity index (χ0v) is 8.80. The molecule has 90 valence electrons. The summed E-state index contributed by atoms with van der Waals surface area (Å²) in [5, 5.41) is 0. The largest absolute Gasteiger partial charge is 0.490 e. The molecule has 0 saturated carbocycles. The minimum Gasteiger partial charge on any atom is -0.490 e. The van der Waals surface area contributed by atoms with Gasteiger partial charge in [0.05, 0.1) is 14.2 Å². The number of ether oxygens (including phenoxy) is 3. The van der Waals surface area contributed by atoms with E-state index in [1.54, 1.807) is 0 Å². The monoisotopic (exact) mass is 244 g/mol. The molecule has 17 heavy (non-hydrogen) atoms. The van der Waals surface area contributed by atoms with Crippen molar-refractivity contribution in [1.82, 2.24) is 0 Å². The molecule has 1 heterocycles. The lowest BCUT2D eigenvalue weighted by atomic mass is 10.1. The number of carbonyl (C=O) groups is 2. The Morgan fingerprint density at radius 2 is 1.24 bits per heavy atom. The third-order valence-corrected chi connectivity index (χ3v) is 2.30. The normalized spacial score (nSPS) is 13.4. The van der Waals surface area contributed by atoms with Crippen LogP contribution in [0.15, 0.2) is 0 Å². The fourth-order valence-corrected chi connectivity index (χ4v) is 1.58. The maximum Gasteiger partial charge on any atom is 0.350 e. The molecule has 0 N–H and O–H groups in total. The van der Waals surface area contributed by atoms with E-state index in [0.717, 1.165) is 14.2 Å². The highest BCUT2D eigenvalue weighted by Crippen LogP contribution is 2.40. The van der Waals surface area contributed by atoms with Gasteiger partial charge >= 0.3 is 11.9 Å². The molecule has 1 aliphatic rings. The molecule has 0 aromatic heterocycles. The number of halogens is 2. The number of esters is 2. The first-order chi connectivity index (χ1) is 8.02. The Labute approximate surface area is 93.9 Å². The highest BCUT2D eigenvalue weighted by molar-refractivity contribution is 6.15. The van der Waals surface area contributed by atoms with Crippen molar-refractivity contribution in [3.8, 4) is 11.5 Å². The number of benzene rings is 1. The molecule has 0 unspecified atom stereocenters. The first-order valence-corrected chi connectivity index (χ1v) is 4.42. The lowest BCUT2D eigenvalue weighted by Gasteiger charge is -2.10. The van der Waals surface area contributed by atoms with E-state index in [0.29, 0.717) is 0 Å². The van der Waals surface area contributed by atoms with Crippen LogP contribution in [0.3, 0.4) is 0 Å². The standard InChI is InChI=1S/C10H6F2O5/c1-15-7-5(11)3-4(6(12)8(7)16-2)10(14)17-9(3)13/h1-2H3. The van der Waals surface area contributed by atoms with E-state index in [1.165, 1.54) is 0 Å². The molecule has 0 bridgehead atoms. The van der Waals surface area contributed by atoms with E-state index in [-0.39, 0.29) is 0 Å². The minimum atomic E-state index is -1.25. The average Bonchev–Trinajstić information content (AvgIpc) is 2.59. The Balaban J connectivity index is 2.87. The molecule has 1 aliphatic heterocycles. The van der Waals surface area contributed by atoms with Crippen molar-refractivity contribution < 1.29 is 32.6 Å². The number of hydrogen-bond donors (Lipinski definition) is 0. The summed E-state index contributed by atoms with van der Waals surface area (Å²) in [5.74, 6) is -6.04. The molecule has 0 saturated heterocycles. The molecule has 1 aromatic carbocycles. The lowest BCUT2D eigenvalue weighted by Crippen LogP contribution is -2.06.